The summed E-state index contributed by atoms with van der Waals surface area (Å²) in [5, 5.41) is 0. The fraction of sp³-hybridized carbons (Fsp3) is 0.500. The zero-order valence-electron chi connectivity index (χ0n) is 15.7. The number of rotatable bonds is 4. The van der Waals surface area contributed by atoms with Crippen molar-refractivity contribution in [3.05, 3.63) is 59.2 Å². The average molecular weight is 349 g/mol. The number of amides is 1. The Kier molecular flexibility index (Phi) is 4.51. The molecule has 136 valence electrons. The predicted octanol–water partition coefficient (Wildman–Crippen LogP) is 4.03. The Morgan fingerprint density at radius 2 is 1.88 bits per heavy atom. The van der Waals surface area contributed by atoms with E-state index in [0.29, 0.717) is 19.0 Å². The van der Waals surface area contributed by atoms with E-state index in [1.54, 1.807) is 0 Å². The summed E-state index contributed by atoms with van der Waals surface area (Å²) in [7, 11) is 0. The van der Waals surface area contributed by atoms with E-state index in [9.17, 15) is 4.79 Å². The lowest BCUT2D eigenvalue weighted by atomic mass is 9.77. The topological polar surface area (TPSA) is 46.1 Å². The molecule has 1 aromatic heterocycles. The lowest BCUT2D eigenvalue weighted by Crippen LogP contribution is -2.43. The molecular weight excluding hydrogens is 322 g/mol. The quantitative estimate of drug-likeness (QED) is 0.837. The molecule has 2 heterocycles. The summed E-state index contributed by atoms with van der Waals surface area (Å²) in [4.78, 5) is 24.8. The van der Waals surface area contributed by atoms with Crippen molar-refractivity contribution in [3.63, 3.8) is 0 Å². The van der Waals surface area contributed by atoms with Gasteiger partial charge in [-0.15, -0.1) is 0 Å². The van der Waals surface area contributed by atoms with E-state index < -0.39 is 0 Å². The normalized spacial score (nSPS) is 18.3. The second-order valence-electron chi connectivity index (χ2n) is 8.17. The predicted molar refractivity (Wildman–Crippen MR) is 101 cm³/mol. The Balaban J connectivity index is 1.58. The molecule has 0 spiro atoms. The highest BCUT2D eigenvalue weighted by Gasteiger charge is 2.46. The highest BCUT2D eigenvalue weighted by atomic mass is 16.2. The van der Waals surface area contributed by atoms with E-state index in [4.69, 9.17) is 4.98 Å². The van der Waals surface area contributed by atoms with Gasteiger partial charge in [-0.2, -0.15) is 0 Å². The molecule has 1 aliphatic carbocycles. The molecule has 2 aromatic rings. The summed E-state index contributed by atoms with van der Waals surface area (Å²) < 4.78 is 0. The molecule has 0 N–H and O–H groups in total. The molecule has 4 rings (SSSR count). The highest BCUT2D eigenvalue weighted by molar-refractivity contribution is 5.89. The average Bonchev–Trinajstić information content (AvgIpc) is 3.29. The maximum Gasteiger partial charge on any atom is 0.233 e. The van der Waals surface area contributed by atoms with Crippen LogP contribution in [0.3, 0.4) is 0 Å². The molecule has 1 fully saturated rings. The molecule has 4 nitrogen and oxygen atoms in total. The van der Waals surface area contributed by atoms with Crippen molar-refractivity contribution >= 4 is 5.91 Å². The van der Waals surface area contributed by atoms with Crippen LogP contribution in [-0.2, 0) is 29.7 Å². The fourth-order valence-electron chi connectivity index (χ4n) is 4.47. The van der Waals surface area contributed by atoms with Crippen molar-refractivity contribution in [2.75, 3.05) is 0 Å². The molecule has 0 radical (unpaired) electrons. The van der Waals surface area contributed by atoms with E-state index >= 15 is 0 Å². The molecule has 1 aromatic carbocycles. The summed E-state index contributed by atoms with van der Waals surface area (Å²) in [5.41, 5.74) is 2.96. The number of carbonyl (C=O) groups excluding carboxylic acids is 1. The third kappa shape index (κ3) is 3.02. The van der Waals surface area contributed by atoms with Gasteiger partial charge in [-0.25, -0.2) is 9.97 Å². The van der Waals surface area contributed by atoms with Gasteiger partial charge in [0, 0.05) is 24.7 Å². The first-order chi connectivity index (χ1) is 12.6. The van der Waals surface area contributed by atoms with Crippen molar-refractivity contribution in [2.24, 2.45) is 5.92 Å². The summed E-state index contributed by atoms with van der Waals surface area (Å²) in [5.74, 6) is 1.70. The molecule has 4 heteroatoms. The zero-order valence-corrected chi connectivity index (χ0v) is 15.7. The number of carbonyl (C=O) groups is 1. The molecule has 1 saturated carbocycles. The van der Waals surface area contributed by atoms with E-state index in [2.05, 4.69) is 31.0 Å². The Morgan fingerprint density at radius 3 is 2.58 bits per heavy atom. The third-order valence-corrected chi connectivity index (χ3v) is 5.78. The van der Waals surface area contributed by atoms with Crippen LogP contribution in [0.15, 0.2) is 36.5 Å². The van der Waals surface area contributed by atoms with Crippen LogP contribution >= 0.6 is 0 Å². The number of hydrogen-bond donors (Lipinski definition) is 0. The van der Waals surface area contributed by atoms with E-state index in [1.807, 2.05) is 29.3 Å². The van der Waals surface area contributed by atoms with Gasteiger partial charge in [0.1, 0.15) is 5.82 Å². The molecule has 0 unspecified atom stereocenters. The first-order valence-corrected chi connectivity index (χ1v) is 9.77. The first-order valence-electron chi connectivity index (χ1n) is 9.77. The van der Waals surface area contributed by atoms with Crippen LogP contribution in [0, 0.1) is 5.92 Å². The second-order valence-corrected chi connectivity index (χ2v) is 8.17. The minimum Gasteiger partial charge on any atom is -0.332 e. The van der Waals surface area contributed by atoms with Gasteiger partial charge in [0.15, 0.2) is 0 Å². The lowest BCUT2D eigenvalue weighted by Gasteiger charge is -2.32. The third-order valence-electron chi connectivity index (χ3n) is 5.78. The van der Waals surface area contributed by atoms with E-state index in [0.717, 1.165) is 49.2 Å². The van der Waals surface area contributed by atoms with Gasteiger partial charge in [0.05, 0.1) is 17.7 Å². The van der Waals surface area contributed by atoms with Crippen LogP contribution in [0.2, 0.25) is 0 Å². The summed E-state index contributed by atoms with van der Waals surface area (Å²) >= 11 is 0. The number of fused-ring (bicyclic) bond motifs is 1. The summed E-state index contributed by atoms with van der Waals surface area (Å²) in [6, 6.07) is 10.4. The van der Waals surface area contributed by atoms with Crippen LogP contribution < -0.4 is 0 Å². The van der Waals surface area contributed by atoms with Gasteiger partial charge in [-0.05, 0) is 24.3 Å². The minimum atomic E-state index is -0.350. The van der Waals surface area contributed by atoms with Crippen molar-refractivity contribution in [3.8, 4) is 0 Å². The highest BCUT2D eigenvalue weighted by Crippen LogP contribution is 2.43. The SMILES string of the molecule is CC(C)Cc1ncc2c(n1)CN(C(=O)C1(c3ccccc3)CCCC1)C2. The zero-order chi connectivity index (χ0) is 18.1. The van der Waals surface area contributed by atoms with Crippen molar-refractivity contribution in [1.29, 1.82) is 0 Å². The summed E-state index contributed by atoms with van der Waals surface area (Å²) in [6.45, 7) is 5.62. The molecule has 26 heavy (non-hydrogen) atoms. The molecule has 0 atom stereocenters. The summed E-state index contributed by atoms with van der Waals surface area (Å²) in [6.07, 6.45) is 6.96. The Labute approximate surface area is 155 Å². The Bertz CT molecular complexity index is 794. The van der Waals surface area contributed by atoms with Crippen LogP contribution in [0.4, 0.5) is 0 Å². The Hall–Kier alpha value is -2.23. The van der Waals surface area contributed by atoms with Crippen molar-refractivity contribution in [1.82, 2.24) is 14.9 Å². The molecule has 0 bridgehead atoms. The van der Waals surface area contributed by atoms with Crippen LogP contribution in [0.1, 0.15) is 62.2 Å². The van der Waals surface area contributed by atoms with Gasteiger partial charge in [-0.3, -0.25) is 4.79 Å². The maximum atomic E-state index is 13.6. The van der Waals surface area contributed by atoms with Gasteiger partial charge in [0.2, 0.25) is 5.91 Å². The Morgan fingerprint density at radius 1 is 1.15 bits per heavy atom. The number of benzene rings is 1. The van der Waals surface area contributed by atoms with Gasteiger partial charge in [-0.1, -0.05) is 57.0 Å². The molecule has 1 aliphatic heterocycles. The number of aromatic nitrogens is 2. The molecule has 0 saturated heterocycles. The van der Waals surface area contributed by atoms with Crippen LogP contribution in [0.25, 0.3) is 0 Å². The number of hydrogen-bond acceptors (Lipinski definition) is 3. The standard InChI is InChI=1S/C22H27N3O/c1-16(2)12-20-23-13-17-14-25(15-19(17)24-20)21(26)22(10-6-7-11-22)18-8-4-3-5-9-18/h3-5,8-9,13,16H,6-7,10-12,14-15H2,1-2H3. The van der Waals surface area contributed by atoms with Crippen LogP contribution in [-0.4, -0.2) is 20.8 Å². The molecule has 1 amide bonds. The fourth-order valence-corrected chi connectivity index (χ4v) is 4.47. The van der Waals surface area contributed by atoms with Crippen molar-refractivity contribution in [2.45, 2.75) is 64.5 Å². The maximum absolute atomic E-state index is 13.6. The largest absolute Gasteiger partial charge is 0.332 e. The first kappa shape index (κ1) is 17.2. The minimum absolute atomic E-state index is 0.268. The van der Waals surface area contributed by atoms with Crippen LogP contribution in [0.5, 0.6) is 0 Å². The van der Waals surface area contributed by atoms with E-state index in [1.165, 1.54) is 5.56 Å². The lowest BCUT2D eigenvalue weighted by molar-refractivity contribution is -0.138. The van der Waals surface area contributed by atoms with Gasteiger partial charge in [0.25, 0.3) is 0 Å². The monoisotopic (exact) mass is 349 g/mol. The van der Waals surface area contributed by atoms with E-state index in [-0.39, 0.29) is 11.3 Å². The van der Waals surface area contributed by atoms with Gasteiger partial charge >= 0.3 is 0 Å². The van der Waals surface area contributed by atoms with Crippen molar-refractivity contribution < 1.29 is 4.79 Å². The second kappa shape index (κ2) is 6.82. The smallest absolute Gasteiger partial charge is 0.233 e. The molecular formula is C22H27N3O. The van der Waals surface area contributed by atoms with Gasteiger partial charge < -0.3 is 4.90 Å². The molecule has 2 aliphatic rings. The number of nitrogens with zero attached hydrogens (tertiary/aromatic N) is 3.